The van der Waals surface area contributed by atoms with Crippen molar-refractivity contribution >= 4 is 5.78 Å². The van der Waals surface area contributed by atoms with Crippen molar-refractivity contribution in [2.24, 2.45) is 11.1 Å². The standard InChI is InChI=1S/C14H21NO/c1-14(2,3)10-9-12(16)13(15)11-7-5-4-6-8-11/h4-8,13H,9-10,15H2,1-3H3. The molecule has 0 aromatic heterocycles. The maximum absolute atomic E-state index is 11.9. The molecule has 88 valence electrons. The maximum Gasteiger partial charge on any atom is 0.154 e. The normalized spacial score (nSPS) is 13.5. The van der Waals surface area contributed by atoms with Gasteiger partial charge in [0.05, 0.1) is 6.04 Å². The third-order valence-electron chi connectivity index (χ3n) is 2.63. The summed E-state index contributed by atoms with van der Waals surface area (Å²) in [6, 6.07) is 9.08. The topological polar surface area (TPSA) is 43.1 Å². The highest BCUT2D eigenvalue weighted by atomic mass is 16.1. The van der Waals surface area contributed by atoms with E-state index in [9.17, 15) is 4.79 Å². The van der Waals surface area contributed by atoms with Gasteiger partial charge in [0.1, 0.15) is 0 Å². The molecule has 2 nitrogen and oxygen atoms in total. The molecule has 1 aromatic rings. The highest BCUT2D eigenvalue weighted by molar-refractivity contribution is 5.85. The number of ketones is 1. The molecule has 0 aliphatic carbocycles. The summed E-state index contributed by atoms with van der Waals surface area (Å²) in [5.41, 5.74) is 7.01. The summed E-state index contributed by atoms with van der Waals surface area (Å²) in [7, 11) is 0. The number of carbonyl (C=O) groups is 1. The average Bonchev–Trinajstić information content (AvgIpc) is 2.25. The van der Waals surface area contributed by atoms with Crippen molar-refractivity contribution in [1.29, 1.82) is 0 Å². The van der Waals surface area contributed by atoms with Crippen molar-refractivity contribution in [1.82, 2.24) is 0 Å². The summed E-state index contributed by atoms with van der Waals surface area (Å²) < 4.78 is 0. The molecule has 2 N–H and O–H groups in total. The maximum atomic E-state index is 11.9. The van der Waals surface area contributed by atoms with E-state index < -0.39 is 6.04 Å². The van der Waals surface area contributed by atoms with Gasteiger partial charge in [-0.25, -0.2) is 0 Å². The second kappa shape index (κ2) is 5.26. The van der Waals surface area contributed by atoms with E-state index in [1.807, 2.05) is 30.3 Å². The summed E-state index contributed by atoms with van der Waals surface area (Å²) in [4.78, 5) is 11.9. The lowest BCUT2D eigenvalue weighted by atomic mass is 9.88. The molecule has 0 aliphatic heterocycles. The van der Waals surface area contributed by atoms with Gasteiger partial charge in [0.15, 0.2) is 5.78 Å². The minimum Gasteiger partial charge on any atom is -0.318 e. The van der Waals surface area contributed by atoms with Crippen molar-refractivity contribution in [2.45, 2.75) is 39.7 Å². The van der Waals surface area contributed by atoms with Crippen molar-refractivity contribution in [3.63, 3.8) is 0 Å². The first-order chi connectivity index (χ1) is 7.40. The summed E-state index contributed by atoms with van der Waals surface area (Å²) in [5, 5.41) is 0. The molecule has 0 bridgehead atoms. The lowest BCUT2D eigenvalue weighted by Gasteiger charge is -2.18. The van der Waals surface area contributed by atoms with Crippen LogP contribution in [0.1, 0.15) is 45.2 Å². The molecule has 0 spiro atoms. The molecule has 1 atom stereocenters. The largest absolute Gasteiger partial charge is 0.318 e. The molecule has 0 heterocycles. The van der Waals surface area contributed by atoms with Gasteiger partial charge in [-0.15, -0.1) is 0 Å². The number of benzene rings is 1. The Kier molecular flexibility index (Phi) is 4.25. The molecule has 0 radical (unpaired) electrons. The van der Waals surface area contributed by atoms with Crippen LogP contribution in [-0.2, 0) is 4.79 Å². The van der Waals surface area contributed by atoms with Crippen LogP contribution in [0.4, 0.5) is 0 Å². The minimum atomic E-state index is -0.469. The Hall–Kier alpha value is -1.15. The van der Waals surface area contributed by atoms with E-state index in [2.05, 4.69) is 20.8 Å². The Labute approximate surface area is 97.9 Å². The number of hydrogen-bond acceptors (Lipinski definition) is 2. The van der Waals surface area contributed by atoms with Crippen molar-refractivity contribution in [3.05, 3.63) is 35.9 Å². The van der Waals surface area contributed by atoms with E-state index in [1.165, 1.54) is 0 Å². The number of carbonyl (C=O) groups excluding carboxylic acids is 1. The van der Waals surface area contributed by atoms with Gasteiger partial charge in [-0.1, -0.05) is 51.1 Å². The first-order valence-corrected chi connectivity index (χ1v) is 5.73. The van der Waals surface area contributed by atoms with Crippen LogP contribution in [0.5, 0.6) is 0 Å². The predicted molar refractivity (Wildman–Crippen MR) is 67.1 cm³/mol. The molecular weight excluding hydrogens is 198 g/mol. The van der Waals surface area contributed by atoms with Crippen molar-refractivity contribution in [2.75, 3.05) is 0 Å². The second-order valence-electron chi connectivity index (χ2n) is 5.42. The lowest BCUT2D eigenvalue weighted by Crippen LogP contribution is -2.22. The Bertz CT molecular complexity index is 338. The molecule has 16 heavy (non-hydrogen) atoms. The van der Waals surface area contributed by atoms with Gasteiger partial charge in [-0.2, -0.15) is 0 Å². The highest BCUT2D eigenvalue weighted by Crippen LogP contribution is 2.23. The van der Waals surface area contributed by atoms with Gasteiger partial charge >= 0.3 is 0 Å². The number of Topliss-reactive ketones (excluding diaryl/α,β-unsaturated/α-hetero) is 1. The SMILES string of the molecule is CC(C)(C)CCC(=O)C(N)c1ccccc1. The highest BCUT2D eigenvalue weighted by Gasteiger charge is 2.18. The fourth-order valence-electron chi connectivity index (χ4n) is 1.50. The molecule has 0 saturated heterocycles. The van der Waals surface area contributed by atoms with Crippen LogP contribution in [0, 0.1) is 5.41 Å². The monoisotopic (exact) mass is 219 g/mol. The molecule has 0 amide bonds. The Morgan fingerprint density at radius 2 is 1.81 bits per heavy atom. The Morgan fingerprint density at radius 1 is 1.25 bits per heavy atom. The van der Waals surface area contributed by atoms with Crippen LogP contribution in [0.3, 0.4) is 0 Å². The van der Waals surface area contributed by atoms with Gasteiger partial charge in [0, 0.05) is 6.42 Å². The van der Waals surface area contributed by atoms with Gasteiger partial charge in [0.25, 0.3) is 0 Å². The smallest absolute Gasteiger partial charge is 0.154 e. The lowest BCUT2D eigenvalue weighted by molar-refractivity contribution is -0.120. The van der Waals surface area contributed by atoms with E-state index in [0.29, 0.717) is 6.42 Å². The van der Waals surface area contributed by atoms with E-state index in [4.69, 9.17) is 5.73 Å². The van der Waals surface area contributed by atoms with Gasteiger partial charge in [-0.05, 0) is 17.4 Å². The third kappa shape index (κ3) is 4.15. The molecule has 1 unspecified atom stereocenters. The van der Waals surface area contributed by atoms with Crippen molar-refractivity contribution in [3.8, 4) is 0 Å². The minimum absolute atomic E-state index is 0.126. The zero-order valence-corrected chi connectivity index (χ0v) is 10.4. The van der Waals surface area contributed by atoms with E-state index in [1.54, 1.807) is 0 Å². The van der Waals surface area contributed by atoms with Crippen LogP contribution in [0.25, 0.3) is 0 Å². The van der Waals surface area contributed by atoms with Crippen LogP contribution in [0.2, 0.25) is 0 Å². The first kappa shape index (κ1) is 12.9. The number of rotatable bonds is 4. The fourth-order valence-corrected chi connectivity index (χ4v) is 1.50. The average molecular weight is 219 g/mol. The van der Waals surface area contributed by atoms with Crippen molar-refractivity contribution < 1.29 is 4.79 Å². The second-order valence-corrected chi connectivity index (χ2v) is 5.42. The molecular formula is C14H21NO. The van der Waals surface area contributed by atoms with E-state index in [-0.39, 0.29) is 11.2 Å². The summed E-state index contributed by atoms with van der Waals surface area (Å²) in [6.07, 6.45) is 1.44. The zero-order chi connectivity index (χ0) is 12.2. The zero-order valence-electron chi connectivity index (χ0n) is 10.4. The predicted octanol–water partition coefficient (Wildman–Crippen LogP) is 3.08. The molecule has 0 fully saturated rings. The van der Waals surface area contributed by atoms with Gasteiger partial charge < -0.3 is 5.73 Å². The summed E-state index contributed by atoms with van der Waals surface area (Å²) in [6.45, 7) is 6.40. The molecule has 2 heteroatoms. The summed E-state index contributed by atoms with van der Waals surface area (Å²) >= 11 is 0. The molecule has 1 aromatic carbocycles. The van der Waals surface area contributed by atoms with Crippen LogP contribution < -0.4 is 5.73 Å². The van der Waals surface area contributed by atoms with E-state index in [0.717, 1.165) is 12.0 Å². The third-order valence-corrected chi connectivity index (χ3v) is 2.63. The number of nitrogens with two attached hydrogens (primary N) is 1. The first-order valence-electron chi connectivity index (χ1n) is 5.73. The molecule has 1 rings (SSSR count). The molecule has 0 saturated carbocycles. The molecule has 0 aliphatic rings. The number of hydrogen-bond donors (Lipinski definition) is 1. The van der Waals surface area contributed by atoms with Crippen LogP contribution >= 0.6 is 0 Å². The quantitative estimate of drug-likeness (QED) is 0.845. The fraction of sp³-hybridized carbons (Fsp3) is 0.500. The van der Waals surface area contributed by atoms with Crippen LogP contribution in [0.15, 0.2) is 30.3 Å². The van der Waals surface area contributed by atoms with Gasteiger partial charge in [-0.3, -0.25) is 4.79 Å². The van der Waals surface area contributed by atoms with Gasteiger partial charge in [0.2, 0.25) is 0 Å². The van der Waals surface area contributed by atoms with Crippen LogP contribution in [-0.4, -0.2) is 5.78 Å². The van der Waals surface area contributed by atoms with E-state index >= 15 is 0 Å². The summed E-state index contributed by atoms with van der Waals surface area (Å²) in [5.74, 6) is 0.126. The Morgan fingerprint density at radius 3 is 2.31 bits per heavy atom. The Balaban J connectivity index is 2.55.